The van der Waals surface area contributed by atoms with Crippen LogP contribution in [0.4, 0.5) is 0 Å². The van der Waals surface area contributed by atoms with Crippen LogP contribution in [0.15, 0.2) is 30.3 Å². The summed E-state index contributed by atoms with van der Waals surface area (Å²) in [7, 11) is 0. The van der Waals surface area contributed by atoms with E-state index in [1.807, 2.05) is 13.8 Å². The van der Waals surface area contributed by atoms with Gasteiger partial charge in [-0.3, -0.25) is 9.59 Å². The van der Waals surface area contributed by atoms with Gasteiger partial charge in [-0.1, -0.05) is 18.2 Å². The maximum absolute atomic E-state index is 12.5. The molecule has 0 spiro atoms. The van der Waals surface area contributed by atoms with Crippen LogP contribution in [0, 0.1) is 27.7 Å². The summed E-state index contributed by atoms with van der Waals surface area (Å²) < 4.78 is 0. The quantitative estimate of drug-likeness (QED) is 0.430. The van der Waals surface area contributed by atoms with Crippen LogP contribution in [0.5, 0.6) is 5.75 Å². The van der Waals surface area contributed by atoms with Gasteiger partial charge >= 0.3 is 0 Å². The van der Waals surface area contributed by atoms with E-state index in [9.17, 15) is 14.7 Å². The Labute approximate surface area is 197 Å². The van der Waals surface area contributed by atoms with Gasteiger partial charge in [0.05, 0.1) is 6.04 Å². The molecule has 176 valence electrons. The second-order valence-corrected chi connectivity index (χ2v) is 8.36. The van der Waals surface area contributed by atoms with Crippen molar-refractivity contribution < 1.29 is 14.7 Å². The molecule has 0 fully saturated rings. The number of benzene rings is 2. The molecule has 0 radical (unpaired) electrons. The van der Waals surface area contributed by atoms with Gasteiger partial charge in [0.25, 0.3) is 0 Å². The summed E-state index contributed by atoms with van der Waals surface area (Å²) in [4.78, 5) is 24.8. The first kappa shape index (κ1) is 27.5. The summed E-state index contributed by atoms with van der Waals surface area (Å²) in [6, 6.07) is 8.12. The van der Waals surface area contributed by atoms with Gasteiger partial charge in [-0.25, -0.2) is 0 Å². The Morgan fingerprint density at radius 1 is 0.969 bits per heavy atom. The molecule has 32 heavy (non-hydrogen) atoms. The number of phenols is 1. The predicted molar refractivity (Wildman–Crippen MR) is 131 cm³/mol. The van der Waals surface area contributed by atoms with Crippen LogP contribution in [-0.4, -0.2) is 35.5 Å². The van der Waals surface area contributed by atoms with Crippen molar-refractivity contribution in [3.63, 3.8) is 0 Å². The summed E-state index contributed by atoms with van der Waals surface area (Å²) in [5, 5.41) is 15.3. The lowest BCUT2D eigenvalue weighted by molar-refractivity contribution is -0.129. The van der Waals surface area contributed by atoms with Crippen LogP contribution in [0.25, 0.3) is 0 Å². The Morgan fingerprint density at radius 3 is 2.09 bits per heavy atom. The minimum Gasteiger partial charge on any atom is -0.508 e. The van der Waals surface area contributed by atoms with Crippen molar-refractivity contribution in [2.75, 3.05) is 6.54 Å². The number of amides is 2. The highest BCUT2D eigenvalue weighted by molar-refractivity contribution is 5.89. The summed E-state index contributed by atoms with van der Waals surface area (Å²) >= 11 is 0. The first-order chi connectivity index (χ1) is 14.6. The Balaban J connectivity index is 0.00000512. The number of hydrogen-bond acceptors (Lipinski definition) is 4. The molecule has 1 unspecified atom stereocenters. The van der Waals surface area contributed by atoms with Crippen molar-refractivity contribution in [1.82, 2.24) is 10.6 Å². The van der Waals surface area contributed by atoms with Gasteiger partial charge in [-0.15, -0.1) is 12.4 Å². The van der Waals surface area contributed by atoms with E-state index < -0.39 is 12.1 Å². The van der Waals surface area contributed by atoms with Gasteiger partial charge in [0, 0.05) is 6.54 Å². The number of halogens is 1. The van der Waals surface area contributed by atoms with Crippen LogP contribution >= 0.6 is 12.4 Å². The number of carbonyl (C=O) groups is 2. The number of rotatable bonds is 9. The highest BCUT2D eigenvalue weighted by Gasteiger charge is 2.21. The molecule has 0 bridgehead atoms. The normalized spacial score (nSPS) is 12.4. The Morgan fingerprint density at radius 2 is 1.53 bits per heavy atom. The van der Waals surface area contributed by atoms with Gasteiger partial charge in [0.1, 0.15) is 11.8 Å². The van der Waals surface area contributed by atoms with Crippen LogP contribution in [0.2, 0.25) is 0 Å². The zero-order valence-corrected chi connectivity index (χ0v) is 20.4. The number of carbonyl (C=O) groups excluding carboxylic acids is 2. The fourth-order valence-corrected chi connectivity index (χ4v) is 3.86. The van der Waals surface area contributed by atoms with Gasteiger partial charge in [0.15, 0.2) is 0 Å². The van der Waals surface area contributed by atoms with E-state index in [0.29, 0.717) is 13.0 Å². The van der Waals surface area contributed by atoms with Crippen molar-refractivity contribution in [2.24, 2.45) is 5.73 Å². The maximum atomic E-state index is 12.5. The largest absolute Gasteiger partial charge is 0.508 e. The van der Waals surface area contributed by atoms with Crippen molar-refractivity contribution in [1.29, 1.82) is 0 Å². The number of aromatic hydroxyl groups is 1. The summed E-state index contributed by atoms with van der Waals surface area (Å²) in [5.41, 5.74) is 12.6. The van der Waals surface area contributed by atoms with Crippen LogP contribution < -0.4 is 16.4 Å². The van der Waals surface area contributed by atoms with Crippen LogP contribution in [-0.2, 0) is 22.4 Å². The first-order valence-corrected chi connectivity index (χ1v) is 10.8. The lowest BCUT2D eigenvalue weighted by Gasteiger charge is -2.19. The minimum absolute atomic E-state index is 0. The van der Waals surface area contributed by atoms with E-state index >= 15 is 0 Å². The second kappa shape index (κ2) is 12.5. The van der Waals surface area contributed by atoms with Crippen molar-refractivity contribution in [3.05, 3.63) is 63.7 Å². The van der Waals surface area contributed by atoms with E-state index in [4.69, 9.17) is 5.73 Å². The Bertz CT molecular complexity index is 903. The summed E-state index contributed by atoms with van der Waals surface area (Å²) in [5.74, 6) is -0.399. The molecule has 6 nitrogen and oxygen atoms in total. The van der Waals surface area contributed by atoms with E-state index in [1.165, 1.54) is 16.7 Å². The van der Waals surface area contributed by atoms with Gasteiger partial charge in [0.2, 0.25) is 11.8 Å². The minimum atomic E-state index is -0.777. The van der Waals surface area contributed by atoms with Crippen LogP contribution in [0.1, 0.15) is 46.7 Å². The fourth-order valence-electron chi connectivity index (χ4n) is 3.86. The Kier molecular flexibility index (Phi) is 10.7. The molecule has 0 aromatic heterocycles. The highest BCUT2D eigenvalue weighted by Crippen LogP contribution is 2.21. The molecule has 0 aliphatic heterocycles. The molecule has 0 saturated carbocycles. The van der Waals surface area contributed by atoms with Crippen molar-refractivity contribution >= 4 is 24.2 Å². The number of nitrogens with one attached hydrogen (secondary N) is 2. The van der Waals surface area contributed by atoms with Gasteiger partial charge in [-0.2, -0.15) is 0 Å². The molecule has 5 N–H and O–H groups in total. The van der Waals surface area contributed by atoms with E-state index in [-0.39, 0.29) is 30.0 Å². The van der Waals surface area contributed by atoms with Gasteiger partial charge in [-0.05, 0) is 99.4 Å². The molecule has 7 heteroatoms. The molecule has 0 aliphatic carbocycles. The fraction of sp³-hybridized carbons (Fsp3) is 0.440. The highest BCUT2D eigenvalue weighted by atomic mass is 35.5. The molecular formula is C25H36ClN3O3. The average Bonchev–Trinajstić information content (AvgIpc) is 2.69. The monoisotopic (exact) mass is 461 g/mol. The summed E-state index contributed by atoms with van der Waals surface area (Å²) in [6.07, 6.45) is 2.07. The smallest absolute Gasteiger partial charge is 0.242 e. The SMILES string of the molecule is Cc1cccc(C)c1CCCNC(=O)[C@@H](C)NC(=O)C(N)Cc1c(C)cc(O)cc1C.Cl. The van der Waals surface area contributed by atoms with Crippen LogP contribution in [0.3, 0.4) is 0 Å². The number of hydrogen-bond donors (Lipinski definition) is 4. The number of nitrogens with two attached hydrogens (primary N) is 1. The Hall–Kier alpha value is -2.57. The third-order valence-electron chi connectivity index (χ3n) is 5.74. The molecule has 2 aromatic carbocycles. The molecule has 0 saturated heterocycles. The topological polar surface area (TPSA) is 104 Å². The van der Waals surface area contributed by atoms with Crippen molar-refractivity contribution in [3.8, 4) is 5.75 Å². The average molecular weight is 462 g/mol. The molecule has 2 amide bonds. The summed E-state index contributed by atoms with van der Waals surface area (Å²) in [6.45, 7) is 10.2. The molecule has 2 atom stereocenters. The molecule has 0 aliphatic rings. The molecule has 2 rings (SSSR count). The third-order valence-corrected chi connectivity index (χ3v) is 5.74. The number of phenolic OH excluding ortho intramolecular Hbond substituents is 1. The molecule has 2 aromatic rings. The predicted octanol–water partition coefficient (Wildman–Crippen LogP) is 3.17. The third kappa shape index (κ3) is 7.53. The zero-order chi connectivity index (χ0) is 23.1. The molecule has 0 heterocycles. The zero-order valence-electron chi connectivity index (χ0n) is 19.6. The van der Waals surface area contributed by atoms with E-state index in [2.05, 4.69) is 42.7 Å². The molecular weight excluding hydrogens is 426 g/mol. The van der Waals surface area contributed by atoms with Crippen molar-refractivity contribution in [2.45, 2.75) is 66.0 Å². The van der Waals surface area contributed by atoms with E-state index in [0.717, 1.165) is 29.5 Å². The lowest BCUT2D eigenvalue weighted by atomic mass is 9.96. The lowest BCUT2D eigenvalue weighted by Crippen LogP contribution is -2.51. The standard InChI is InChI=1S/C25H35N3O3.ClH/c1-15-8-6-9-16(2)21(15)10-7-11-27-24(30)19(5)28-25(31)23(26)14-22-17(3)12-20(29)13-18(22)4;/h6,8-9,12-13,19,23,29H,7,10-11,14,26H2,1-5H3,(H,27,30)(H,28,31);1H/t19-,23?;/m1./s1. The second-order valence-electron chi connectivity index (χ2n) is 8.36. The van der Waals surface area contributed by atoms with Gasteiger partial charge < -0.3 is 21.5 Å². The van der Waals surface area contributed by atoms with E-state index in [1.54, 1.807) is 19.1 Å². The maximum Gasteiger partial charge on any atom is 0.242 e. The number of aryl methyl sites for hydroxylation is 4. The first-order valence-electron chi connectivity index (χ1n) is 10.8.